The minimum Gasteiger partial charge on any atom is -0.338 e. The topological polar surface area (TPSA) is 86.6 Å². The maximum atomic E-state index is 13.8. The van der Waals surface area contributed by atoms with Gasteiger partial charge in [0.05, 0.1) is 12.2 Å². The molecule has 2 aliphatic heterocycles. The van der Waals surface area contributed by atoms with Crippen LogP contribution in [0, 0.1) is 5.82 Å². The van der Waals surface area contributed by atoms with Crippen LogP contribution in [-0.4, -0.2) is 87.4 Å². The van der Waals surface area contributed by atoms with Crippen molar-refractivity contribution >= 4 is 11.9 Å². The number of nitrogens with zero attached hydrogens (tertiary/aromatic N) is 6. The van der Waals surface area contributed by atoms with Crippen molar-refractivity contribution in [3.8, 4) is 0 Å². The molecular weight excluding hydrogens is 389 g/mol. The van der Waals surface area contributed by atoms with Crippen LogP contribution in [0.25, 0.3) is 0 Å². The van der Waals surface area contributed by atoms with Crippen LogP contribution in [-0.2, 0) is 6.54 Å². The summed E-state index contributed by atoms with van der Waals surface area (Å²) in [4.78, 5) is 30.1. The number of nitrogens with one attached hydrogen (secondary N) is 1. The van der Waals surface area contributed by atoms with Crippen LogP contribution in [0.15, 0.2) is 30.5 Å². The summed E-state index contributed by atoms with van der Waals surface area (Å²) in [5, 5.41) is 10.9. The summed E-state index contributed by atoms with van der Waals surface area (Å²) < 4.78 is 15.5. The van der Waals surface area contributed by atoms with Crippen molar-refractivity contribution in [1.29, 1.82) is 0 Å². The summed E-state index contributed by atoms with van der Waals surface area (Å²) in [7, 11) is 0. The van der Waals surface area contributed by atoms with Gasteiger partial charge in [-0.05, 0) is 13.0 Å². The van der Waals surface area contributed by atoms with Gasteiger partial charge in [0.25, 0.3) is 5.91 Å². The van der Waals surface area contributed by atoms with Gasteiger partial charge >= 0.3 is 6.03 Å². The van der Waals surface area contributed by atoms with Gasteiger partial charge in [-0.2, -0.15) is 0 Å². The van der Waals surface area contributed by atoms with Crippen LogP contribution in [0.1, 0.15) is 29.0 Å². The fraction of sp³-hybridized carbons (Fsp3) is 0.500. The number of piperazine rings is 1. The molecule has 3 heterocycles. The zero-order valence-electron chi connectivity index (χ0n) is 17.0. The van der Waals surface area contributed by atoms with Crippen LogP contribution >= 0.6 is 0 Å². The van der Waals surface area contributed by atoms with Crippen molar-refractivity contribution in [3.63, 3.8) is 0 Å². The summed E-state index contributed by atoms with van der Waals surface area (Å²) in [6.45, 7) is 6.60. The number of benzene rings is 1. The Morgan fingerprint density at radius 3 is 2.57 bits per heavy atom. The SMILES string of the molecule is CCNC(=O)N1CC(n2cc(C(=O)N3CCN(Cc4ccccc4F)CC3)nn2)C1. The molecule has 160 valence electrons. The van der Waals surface area contributed by atoms with Gasteiger partial charge in [0, 0.05) is 57.9 Å². The summed E-state index contributed by atoms with van der Waals surface area (Å²) in [6, 6.07) is 6.73. The largest absolute Gasteiger partial charge is 0.338 e. The molecule has 9 nitrogen and oxygen atoms in total. The number of urea groups is 1. The molecule has 2 saturated heterocycles. The molecule has 0 atom stereocenters. The van der Waals surface area contributed by atoms with E-state index >= 15 is 0 Å². The first-order chi connectivity index (χ1) is 14.5. The van der Waals surface area contributed by atoms with Crippen LogP contribution in [0.2, 0.25) is 0 Å². The quantitative estimate of drug-likeness (QED) is 0.786. The van der Waals surface area contributed by atoms with Crippen LogP contribution < -0.4 is 5.32 Å². The van der Waals surface area contributed by atoms with E-state index in [0.29, 0.717) is 63.6 Å². The molecule has 0 radical (unpaired) electrons. The van der Waals surface area contributed by atoms with Gasteiger partial charge in [0.2, 0.25) is 0 Å². The first kappa shape index (κ1) is 20.3. The maximum Gasteiger partial charge on any atom is 0.317 e. The Labute approximate surface area is 174 Å². The molecule has 1 aromatic carbocycles. The maximum absolute atomic E-state index is 13.8. The van der Waals surface area contributed by atoms with Crippen LogP contribution in [0.4, 0.5) is 9.18 Å². The van der Waals surface area contributed by atoms with Crippen molar-refractivity contribution in [1.82, 2.24) is 35.0 Å². The van der Waals surface area contributed by atoms with Gasteiger partial charge in [-0.1, -0.05) is 23.4 Å². The van der Waals surface area contributed by atoms with Crippen molar-refractivity contribution in [3.05, 3.63) is 47.5 Å². The third-order valence-electron chi connectivity index (χ3n) is 5.59. The molecule has 3 amide bonds. The van der Waals surface area contributed by atoms with Crippen molar-refractivity contribution in [2.45, 2.75) is 19.5 Å². The first-order valence-corrected chi connectivity index (χ1v) is 10.2. The summed E-state index contributed by atoms with van der Waals surface area (Å²) >= 11 is 0. The highest BCUT2D eigenvalue weighted by molar-refractivity contribution is 5.92. The number of hydrogen-bond acceptors (Lipinski definition) is 5. The molecule has 2 aliphatic rings. The van der Waals surface area contributed by atoms with E-state index in [2.05, 4.69) is 20.5 Å². The normalized spacial score (nSPS) is 17.7. The average molecular weight is 415 g/mol. The van der Waals surface area contributed by atoms with Gasteiger partial charge < -0.3 is 15.1 Å². The molecule has 1 N–H and O–H groups in total. The van der Waals surface area contributed by atoms with Crippen molar-refractivity contribution in [2.75, 3.05) is 45.8 Å². The summed E-state index contributed by atoms with van der Waals surface area (Å²) in [5.74, 6) is -0.346. The van der Waals surface area contributed by atoms with Crippen LogP contribution in [0.3, 0.4) is 0 Å². The van der Waals surface area contributed by atoms with E-state index < -0.39 is 0 Å². The molecule has 10 heteroatoms. The van der Waals surface area contributed by atoms with E-state index in [1.807, 2.05) is 13.0 Å². The minimum atomic E-state index is -0.200. The van der Waals surface area contributed by atoms with E-state index in [9.17, 15) is 14.0 Å². The van der Waals surface area contributed by atoms with Gasteiger partial charge in [-0.3, -0.25) is 9.69 Å². The number of rotatable bonds is 5. The molecule has 0 saturated carbocycles. The average Bonchev–Trinajstić information content (AvgIpc) is 3.18. The molecule has 4 rings (SSSR count). The molecule has 30 heavy (non-hydrogen) atoms. The standard InChI is InChI=1S/C20H26FN7O2/c1-2-22-20(30)27-12-16(13-27)28-14-18(23-24-28)19(29)26-9-7-25(8-10-26)11-15-5-3-4-6-17(15)21/h3-6,14,16H,2,7-13H2,1H3,(H,22,30). The lowest BCUT2D eigenvalue weighted by atomic mass is 10.1. The lowest BCUT2D eigenvalue weighted by Gasteiger charge is -2.38. The van der Waals surface area contributed by atoms with E-state index in [0.717, 1.165) is 0 Å². The number of aromatic nitrogens is 3. The summed E-state index contributed by atoms with van der Waals surface area (Å²) in [6.07, 6.45) is 1.66. The molecular formula is C20H26FN7O2. The fourth-order valence-corrected chi connectivity index (χ4v) is 3.74. The van der Waals surface area contributed by atoms with Crippen molar-refractivity contribution in [2.24, 2.45) is 0 Å². The zero-order chi connectivity index (χ0) is 21.1. The molecule has 0 bridgehead atoms. The fourth-order valence-electron chi connectivity index (χ4n) is 3.74. The van der Waals surface area contributed by atoms with Crippen molar-refractivity contribution < 1.29 is 14.0 Å². The number of carbonyl (C=O) groups excluding carboxylic acids is 2. The summed E-state index contributed by atoms with van der Waals surface area (Å²) in [5.41, 5.74) is 0.983. The Kier molecular flexibility index (Phi) is 5.93. The Balaban J connectivity index is 1.27. The van der Waals surface area contributed by atoms with E-state index in [1.165, 1.54) is 6.07 Å². The molecule has 2 aromatic rings. The lowest BCUT2D eigenvalue weighted by molar-refractivity contribution is 0.0621. The number of halogens is 1. The minimum absolute atomic E-state index is 0.0410. The number of amides is 3. The number of carbonyl (C=O) groups is 2. The Bertz CT molecular complexity index is 904. The highest BCUT2D eigenvalue weighted by atomic mass is 19.1. The lowest BCUT2D eigenvalue weighted by Crippen LogP contribution is -2.54. The predicted molar refractivity (Wildman–Crippen MR) is 107 cm³/mol. The third kappa shape index (κ3) is 4.28. The molecule has 0 aliphatic carbocycles. The molecule has 0 unspecified atom stereocenters. The smallest absolute Gasteiger partial charge is 0.317 e. The highest BCUT2D eigenvalue weighted by Gasteiger charge is 2.33. The monoisotopic (exact) mass is 415 g/mol. The first-order valence-electron chi connectivity index (χ1n) is 10.2. The number of hydrogen-bond donors (Lipinski definition) is 1. The second kappa shape index (κ2) is 8.78. The second-order valence-corrected chi connectivity index (χ2v) is 7.64. The van der Waals surface area contributed by atoms with E-state index in [1.54, 1.807) is 32.8 Å². The van der Waals surface area contributed by atoms with Gasteiger partial charge in [-0.15, -0.1) is 5.10 Å². The van der Waals surface area contributed by atoms with Crippen LogP contribution in [0.5, 0.6) is 0 Å². The highest BCUT2D eigenvalue weighted by Crippen LogP contribution is 2.20. The van der Waals surface area contributed by atoms with Gasteiger partial charge in [0.15, 0.2) is 5.69 Å². The predicted octanol–water partition coefficient (Wildman–Crippen LogP) is 0.961. The zero-order valence-corrected chi connectivity index (χ0v) is 17.0. The number of likely N-dealkylation sites (tertiary alicyclic amines) is 1. The molecule has 1 aromatic heterocycles. The second-order valence-electron chi connectivity index (χ2n) is 7.64. The van der Waals surface area contributed by atoms with E-state index in [-0.39, 0.29) is 23.8 Å². The third-order valence-corrected chi connectivity index (χ3v) is 5.59. The van der Waals surface area contributed by atoms with Gasteiger partial charge in [-0.25, -0.2) is 13.9 Å². The Hall–Kier alpha value is -3.01. The van der Waals surface area contributed by atoms with Gasteiger partial charge in [0.1, 0.15) is 5.82 Å². The molecule has 2 fully saturated rings. The van der Waals surface area contributed by atoms with E-state index in [4.69, 9.17) is 0 Å². The Morgan fingerprint density at radius 1 is 1.13 bits per heavy atom. The Morgan fingerprint density at radius 2 is 1.87 bits per heavy atom. The molecule has 0 spiro atoms.